The number of aromatic nitrogens is 6. The average molecular weight is 686 g/mol. The van der Waals surface area contributed by atoms with E-state index in [9.17, 15) is 13.9 Å². The number of halogens is 1. The molecule has 3 aliphatic rings. The molecule has 20 heteroatoms. The summed E-state index contributed by atoms with van der Waals surface area (Å²) < 4.78 is 74.2. The van der Waals surface area contributed by atoms with Gasteiger partial charge in [0.1, 0.15) is 24.2 Å². The van der Waals surface area contributed by atoms with Crippen molar-refractivity contribution in [1.29, 1.82) is 0 Å². The summed E-state index contributed by atoms with van der Waals surface area (Å²) in [6, 6.07) is 3.33. The van der Waals surface area contributed by atoms with Gasteiger partial charge in [0.25, 0.3) is 5.91 Å². The van der Waals surface area contributed by atoms with Crippen LogP contribution in [0.1, 0.15) is 34.6 Å². The standard InChI is InChI=1S/C24H26FN7O8P2S2/c25-18-20-17(39-24(18)32-11-29-19-22-28-3-4-31(22)10-30-23(19)32)9-38-41(34,43)37-8-15-13(7-36-42(35,44)40-20)5-14(15)12-1-2-27-16(6-12)21(26)33/h1-4,6,10-11,13-15,17-18,20,24H,5,7-9H2,(H2,26,33)(H,34,43)(H,35,44)/t13-,14+,15?,17-,18-,20-,24-,41-,42-/m1/s1. The van der Waals surface area contributed by atoms with Crippen LogP contribution in [0.4, 0.5) is 4.39 Å². The van der Waals surface area contributed by atoms with Gasteiger partial charge in [0.2, 0.25) is 0 Å². The van der Waals surface area contributed by atoms with Crippen LogP contribution < -0.4 is 5.73 Å². The number of hydrogen-bond donors (Lipinski definition) is 3. The van der Waals surface area contributed by atoms with Crippen molar-refractivity contribution in [2.24, 2.45) is 17.6 Å². The number of alkyl halides is 1. The lowest BCUT2D eigenvalue weighted by atomic mass is 9.63. The van der Waals surface area contributed by atoms with Crippen LogP contribution in [-0.2, 0) is 32.0 Å². The number of imidazole rings is 2. The number of nitrogens with two attached hydrogens (primary N) is 1. The molecule has 4 aromatic heterocycles. The van der Waals surface area contributed by atoms with E-state index in [1.807, 2.05) is 0 Å². The normalized spacial score (nSPS) is 36.5. The minimum absolute atomic E-state index is 0.0658. The van der Waals surface area contributed by atoms with Crippen LogP contribution in [0.15, 0.2) is 43.4 Å². The van der Waals surface area contributed by atoms with Crippen LogP contribution in [0.3, 0.4) is 0 Å². The molecule has 3 fully saturated rings. The summed E-state index contributed by atoms with van der Waals surface area (Å²) >= 11 is 8.25. The average Bonchev–Trinajstić information content (AvgIpc) is 3.68. The monoisotopic (exact) mass is 685 g/mol. The zero-order valence-electron chi connectivity index (χ0n) is 22.6. The van der Waals surface area contributed by atoms with Gasteiger partial charge >= 0.3 is 13.6 Å². The van der Waals surface area contributed by atoms with Gasteiger partial charge in [-0.15, -0.1) is 0 Å². The van der Waals surface area contributed by atoms with E-state index in [4.69, 9.17) is 28.6 Å². The Balaban J connectivity index is 1.13. The molecule has 6 heterocycles. The van der Waals surface area contributed by atoms with Gasteiger partial charge in [-0.25, -0.2) is 28.5 Å². The molecule has 0 spiro atoms. The molecule has 2 N–H and O–H groups in total. The Morgan fingerprint density at radius 3 is 2.61 bits per heavy atom. The van der Waals surface area contributed by atoms with Gasteiger partial charge in [-0.3, -0.25) is 27.8 Å². The van der Waals surface area contributed by atoms with E-state index in [1.165, 1.54) is 23.4 Å². The summed E-state index contributed by atoms with van der Waals surface area (Å²) in [5.74, 6) is -1.36. The van der Waals surface area contributed by atoms with E-state index in [0.29, 0.717) is 23.2 Å². The van der Waals surface area contributed by atoms with Crippen LogP contribution in [0.2, 0.25) is 0 Å². The summed E-state index contributed by atoms with van der Waals surface area (Å²) in [6.07, 6.45) is 2.19. The molecule has 1 amide bonds. The third-order valence-electron chi connectivity index (χ3n) is 8.18. The molecule has 1 unspecified atom stereocenters. The first-order valence-corrected chi connectivity index (χ1v) is 18.9. The Morgan fingerprint density at radius 2 is 1.80 bits per heavy atom. The van der Waals surface area contributed by atoms with Gasteiger partial charge < -0.3 is 19.5 Å². The molecule has 0 bridgehead atoms. The van der Waals surface area contributed by atoms with Crippen molar-refractivity contribution in [3.8, 4) is 0 Å². The number of pyridine rings is 1. The zero-order chi connectivity index (χ0) is 30.8. The fraction of sp³-hybridized carbons (Fsp3) is 0.458. The smallest absolute Gasteiger partial charge is 0.364 e. The number of carbonyl (C=O) groups is 1. The second-order valence-electron chi connectivity index (χ2n) is 10.7. The van der Waals surface area contributed by atoms with Crippen molar-refractivity contribution in [3.05, 3.63) is 54.6 Å². The molecule has 1 aliphatic carbocycles. The first-order valence-electron chi connectivity index (χ1n) is 13.5. The summed E-state index contributed by atoms with van der Waals surface area (Å²) in [4.78, 5) is 28.6. The van der Waals surface area contributed by atoms with E-state index in [1.54, 1.807) is 28.9 Å². The van der Waals surface area contributed by atoms with Gasteiger partial charge in [0.05, 0.1) is 26.1 Å². The molecule has 9 atom stereocenters. The topological polar surface area (TPSA) is 184 Å². The third kappa shape index (κ3) is 5.60. The quantitative estimate of drug-likeness (QED) is 0.210. The predicted octanol–water partition coefficient (Wildman–Crippen LogP) is 3.75. The fourth-order valence-corrected chi connectivity index (χ4v) is 8.62. The van der Waals surface area contributed by atoms with Gasteiger partial charge in [-0.2, -0.15) is 0 Å². The maximum Gasteiger partial charge on any atom is 0.386 e. The van der Waals surface area contributed by atoms with Gasteiger partial charge in [0, 0.05) is 18.6 Å². The number of primary amides is 1. The molecule has 7 rings (SSSR count). The SMILES string of the molecule is NC(=O)c1cc([C@@H]2C[C@@H]3CO[P@@](=O)(S)O[C@H]4[C@@H](F)[C@H](n5cnc6c5ncn5ccnc65)O[C@@H]4CO[P@](=O)(S)OCC32)ccn1. The predicted molar refractivity (Wildman–Crippen MR) is 158 cm³/mol. The van der Waals surface area contributed by atoms with E-state index in [2.05, 4.69) is 44.4 Å². The van der Waals surface area contributed by atoms with E-state index < -0.39 is 50.7 Å². The van der Waals surface area contributed by atoms with Gasteiger partial charge in [-0.1, -0.05) is 24.5 Å². The molecular weight excluding hydrogens is 659 g/mol. The van der Waals surface area contributed by atoms with Crippen molar-refractivity contribution >= 4 is 60.8 Å². The van der Waals surface area contributed by atoms with Crippen LogP contribution in [-0.4, -0.2) is 73.0 Å². The van der Waals surface area contributed by atoms with Gasteiger partial charge in [0.15, 0.2) is 29.2 Å². The highest BCUT2D eigenvalue weighted by atomic mass is 32.7. The molecule has 1 saturated carbocycles. The Morgan fingerprint density at radius 1 is 1.00 bits per heavy atom. The minimum atomic E-state index is -4.15. The number of thiol groups is 2. The van der Waals surface area contributed by atoms with E-state index >= 15 is 4.39 Å². The number of nitrogens with zero attached hydrogens (tertiary/aromatic N) is 6. The van der Waals surface area contributed by atoms with Crippen LogP contribution in [0.5, 0.6) is 0 Å². The molecule has 234 valence electrons. The largest absolute Gasteiger partial charge is 0.386 e. The van der Waals surface area contributed by atoms with Crippen LogP contribution in [0.25, 0.3) is 16.8 Å². The highest BCUT2D eigenvalue weighted by Crippen LogP contribution is 2.61. The Kier molecular flexibility index (Phi) is 7.87. The molecular formula is C24H26FN7O8P2S2. The second kappa shape index (κ2) is 11.4. The summed E-state index contributed by atoms with van der Waals surface area (Å²) in [6.45, 7) is -8.76. The van der Waals surface area contributed by atoms with E-state index in [0.717, 1.165) is 5.56 Å². The second-order valence-corrected chi connectivity index (χ2v) is 16.5. The van der Waals surface area contributed by atoms with Crippen LogP contribution >= 0.6 is 38.1 Å². The van der Waals surface area contributed by atoms with Crippen molar-refractivity contribution in [1.82, 2.24) is 28.9 Å². The molecule has 15 nitrogen and oxygen atoms in total. The van der Waals surface area contributed by atoms with Crippen molar-refractivity contribution < 1.29 is 41.1 Å². The number of rotatable bonds is 3. The van der Waals surface area contributed by atoms with Crippen molar-refractivity contribution in [2.45, 2.75) is 36.9 Å². The Bertz CT molecular complexity index is 1850. The maximum absolute atomic E-state index is 16.1. The summed E-state index contributed by atoms with van der Waals surface area (Å²) in [5, 5.41) is 0. The molecule has 4 aromatic rings. The molecule has 2 saturated heterocycles. The van der Waals surface area contributed by atoms with Crippen LogP contribution in [0, 0.1) is 11.8 Å². The Hall–Kier alpha value is -2.40. The fourth-order valence-electron chi connectivity index (χ4n) is 5.92. The lowest BCUT2D eigenvalue weighted by molar-refractivity contribution is -0.0407. The highest BCUT2D eigenvalue weighted by molar-refractivity contribution is 8.44. The minimum Gasteiger partial charge on any atom is -0.364 e. The molecule has 0 radical (unpaired) electrons. The highest BCUT2D eigenvalue weighted by Gasteiger charge is 2.52. The number of amides is 1. The number of fused-ring (bicyclic) bond motifs is 5. The molecule has 0 aromatic carbocycles. The molecule has 2 aliphatic heterocycles. The lowest BCUT2D eigenvalue weighted by Crippen LogP contribution is -2.40. The number of hydrogen-bond acceptors (Lipinski definition) is 12. The third-order valence-corrected chi connectivity index (χ3v) is 11.4. The van der Waals surface area contributed by atoms with Gasteiger partial charge in [-0.05, 0) is 41.9 Å². The van der Waals surface area contributed by atoms with Crippen molar-refractivity contribution in [3.63, 3.8) is 0 Å². The summed E-state index contributed by atoms with van der Waals surface area (Å²) in [5.41, 5.74) is 7.48. The van der Waals surface area contributed by atoms with E-state index in [-0.39, 0.29) is 36.7 Å². The summed E-state index contributed by atoms with van der Waals surface area (Å²) in [7, 11) is 0. The number of carbonyl (C=O) groups excluding carboxylic acids is 1. The molecule has 44 heavy (non-hydrogen) atoms. The lowest BCUT2D eigenvalue weighted by Gasteiger charge is -2.45. The van der Waals surface area contributed by atoms with Crippen molar-refractivity contribution in [2.75, 3.05) is 19.8 Å². The number of ether oxygens (including phenoxy) is 1. The zero-order valence-corrected chi connectivity index (χ0v) is 26.2. The first kappa shape index (κ1) is 30.3. The first-order chi connectivity index (χ1) is 21.0. The maximum atomic E-state index is 16.1. The Labute approximate surface area is 259 Å².